The lowest BCUT2D eigenvalue weighted by Crippen LogP contribution is -2.29. The predicted molar refractivity (Wildman–Crippen MR) is 49.8 cm³/mol. The third kappa shape index (κ3) is 1.03. The van der Waals surface area contributed by atoms with Gasteiger partial charge in [-0.2, -0.15) is 0 Å². The van der Waals surface area contributed by atoms with Crippen molar-refractivity contribution in [3.05, 3.63) is 12.2 Å². The van der Waals surface area contributed by atoms with Gasteiger partial charge in [0, 0.05) is 0 Å². The van der Waals surface area contributed by atoms with Crippen LogP contribution in [0.3, 0.4) is 0 Å². The van der Waals surface area contributed by atoms with Crippen molar-refractivity contribution in [2.75, 3.05) is 0 Å². The molecule has 0 bridgehead atoms. The molecule has 0 amide bonds. The molecule has 2 fully saturated rings. The molecule has 0 aliphatic heterocycles. The summed E-state index contributed by atoms with van der Waals surface area (Å²) in [5, 5.41) is 9.86. The van der Waals surface area contributed by atoms with Gasteiger partial charge in [-0.05, 0) is 43.4 Å². The Balaban J connectivity index is 2.06. The van der Waals surface area contributed by atoms with E-state index in [1.807, 2.05) is 0 Å². The quantitative estimate of drug-likeness (QED) is 0.593. The van der Waals surface area contributed by atoms with Crippen molar-refractivity contribution >= 4 is 0 Å². The molecule has 2 aliphatic rings. The molecular formula is C11H18O. The van der Waals surface area contributed by atoms with Gasteiger partial charge in [0.15, 0.2) is 0 Å². The van der Waals surface area contributed by atoms with Crippen molar-refractivity contribution in [1.82, 2.24) is 0 Å². The summed E-state index contributed by atoms with van der Waals surface area (Å²) in [6, 6.07) is 0. The van der Waals surface area contributed by atoms with Crippen LogP contribution < -0.4 is 0 Å². The molecule has 2 aliphatic carbocycles. The Hall–Kier alpha value is -0.300. The van der Waals surface area contributed by atoms with E-state index in [-0.39, 0.29) is 11.5 Å². The van der Waals surface area contributed by atoms with Crippen LogP contribution in [0.25, 0.3) is 0 Å². The summed E-state index contributed by atoms with van der Waals surface area (Å²) in [6.07, 6.45) is 3.38. The van der Waals surface area contributed by atoms with E-state index < -0.39 is 0 Å². The highest BCUT2D eigenvalue weighted by Crippen LogP contribution is 2.62. The van der Waals surface area contributed by atoms with Gasteiger partial charge in [-0.25, -0.2) is 0 Å². The van der Waals surface area contributed by atoms with E-state index in [0.717, 1.165) is 12.3 Å². The molecule has 2 saturated carbocycles. The summed E-state index contributed by atoms with van der Waals surface area (Å²) >= 11 is 0. The normalized spacial score (nSPS) is 51.4. The van der Waals surface area contributed by atoms with Crippen molar-refractivity contribution in [3.63, 3.8) is 0 Å². The average Bonchev–Trinajstić information content (AvgIpc) is 2.62. The Bertz CT molecular complexity index is 221. The van der Waals surface area contributed by atoms with Crippen molar-refractivity contribution in [2.45, 2.75) is 39.2 Å². The fourth-order valence-corrected chi connectivity index (χ4v) is 2.61. The minimum Gasteiger partial charge on any atom is -0.393 e. The minimum absolute atomic E-state index is 0.0713. The summed E-state index contributed by atoms with van der Waals surface area (Å²) in [4.78, 5) is 0. The van der Waals surface area contributed by atoms with E-state index in [2.05, 4.69) is 20.4 Å². The number of aliphatic hydroxyl groups excluding tert-OH is 1. The first-order chi connectivity index (χ1) is 5.54. The van der Waals surface area contributed by atoms with Crippen LogP contribution in [-0.2, 0) is 0 Å². The highest BCUT2D eigenvalue weighted by atomic mass is 16.3. The number of fused-ring (bicyclic) bond motifs is 1. The molecule has 0 aromatic heterocycles. The van der Waals surface area contributed by atoms with Crippen LogP contribution in [0.1, 0.15) is 33.1 Å². The van der Waals surface area contributed by atoms with Gasteiger partial charge >= 0.3 is 0 Å². The summed E-state index contributed by atoms with van der Waals surface area (Å²) < 4.78 is 0. The van der Waals surface area contributed by atoms with E-state index in [1.165, 1.54) is 18.4 Å². The van der Waals surface area contributed by atoms with E-state index in [4.69, 9.17) is 0 Å². The zero-order valence-electron chi connectivity index (χ0n) is 8.01. The highest BCUT2D eigenvalue weighted by molar-refractivity contribution is 5.13. The predicted octanol–water partition coefficient (Wildman–Crippen LogP) is 2.36. The van der Waals surface area contributed by atoms with Gasteiger partial charge in [-0.1, -0.05) is 19.1 Å². The maximum Gasteiger partial charge on any atom is 0.0602 e. The first kappa shape index (κ1) is 8.31. The lowest BCUT2D eigenvalue weighted by molar-refractivity contribution is 0.0485. The maximum atomic E-state index is 9.86. The van der Waals surface area contributed by atoms with Crippen molar-refractivity contribution in [1.29, 1.82) is 0 Å². The topological polar surface area (TPSA) is 20.2 Å². The Morgan fingerprint density at radius 1 is 1.50 bits per heavy atom. The zero-order chi connectivity index (χ0) is 8.93. The SMILES string of the molecule is C=C(C)[C@H]1C[C@@H]2C[C@]2(C)[C@H](O)C1. The zero-order valence-corrected chi connectivity index (χ0v) is 8.01. The van der Waals surface area contributed by atoms with Crippen molar-refractivity contribution in [2.24, 2.45) is 17.3 Å². The number of hydrogen-bond acceptors (Lipinski definition) is 1. The van der Waals surface area contributed by atoms with E-state index in [0.29, 0.717) is 5.92 Å². The molecule has 4 atom stereocenters. The lowest BCUT2D eigenvalue weighted by Gasteiger charge is -2.31. The average molecular weight is 166 g/mol. The summed E-state index contributed by atoms with van der Waals surface area (Å²) in [7, 11) is 0. The van der Waals surface area contributed by atoms with Gasteiger partial charge in [0.05, 0.1) is 6.10 Å². The Kier molecular flexibility index (Phi) is 1.63. The molecule has 0 unspecified atom stereocenters. The number of allylic oxidation sites excluding steroid dienone is 1. The van der Waals surface area contributed by atoms with Crippen LogP contribution in [0.4, 0.5) is 0 Å². The molecule has 12 heavy (non-hydrogen) atoms. The first-order valence-corrected chi connectivity index (χ1v) is 4.87. The van der Waals surface area contributed by atoms with Gasteiger partial charge < -0.3 is 5.11 Å². The molecular weight excluding hydrogens is 148 g/mol. The van der Waals surface area contributed by atoms with Crippen molar-refractivity contribution < 1.29 is 5.11 Å². The second kappa shape index (κ2) is 2.35. The maximum absolute atomic E-state index is 9.86. The highest BCUT2D eigenvalue weighted by Gasteiger charge is 2.58. The standard InChI is InChI=1S/C11H18O/c1-7(2)8-4-9-6-11(9,3)10(12)5-8/h8-10,12H,1,4-6H2,2-3H3/t8-,9+,10+,11-/m0/s1. The summed E-state index contributed by atoms with van der Waals surface area (Å²) in [5.74, 6) is 1.36. The molecule has 1 heteroatoms. The van der Waals surface area contributed by atoms with Crippen molar-refractivity contribution in [3.8, 4) is 0 Å². The largest absolute Gasteiger partial charge is 0.393 e. The van der Waals surface area contributed by atoms with Crippen LogP contribution in [0.15, 0.2) is 12.2 Å². The molecule has 1 nitrogen and oxygen atoms in total. The molecule has 0 saturated heterocycles. The van der Waals surface area contributed by atoms with E-state index in [9.17, 15) is 5.11 Å². The molecule has 0 radical (unpaired) electrons. The Morgan fingerprint density at radius 2 is 2.17 bits per heavy atom. The molecule has 1 N–H and O–H groups in total. The second-order valence-electron chi connectivity index (χ2n) is 4.94. The third-order valence-electron chi connectivity index (χ3n) is 3.99. The van der Waals surface area contributed by atoms with E-state index >= 15 is 0 Å². The van der Waals surface area contributed by atoms with Gasteiger partial charge in [-0.3, -0.25) is 0 Å². The fraction of sp³-hybridized carbons (Fsp3) is 0.818. The van der Waals surface area contributed by atoms with Gasteiger partial charge in [0.2, 0.25) is 0 Å². The number of aliphatic hydroxyl groups is 1. The molecule has 0 heterocycles. The van der Waals surface area contributed by atoms with Crippen LogP contribution in [0.2, 0.25) is 0 Å². The van der Waals surface area contributed by atoms with Gasteiger partial charge in [0.25, 0.3) is 0 Å². The number of rotatable bonds is 1. The lowest BCUT2D eigenvalue weighted by atomic mass is 9.78. The fourth-order valence-electron chi connectivity index (χ4n) is 2.61. The third-order valence-corrected chi connectivity index (χ3v) is 3.99. The van der Waals surface area contributed by atoms with Gasteiger partial charge in [0.1, 0.15) is 0 Å². The summed E-state index contributed by atoms with van der Waals surface area (Å²) in [5.41, 5.74) is 1.54. The van der Waals surface area contributed by atoms with Crippen LogP contribution in [0.5, 0.6) is 0 Å². The van der Waals surface area contributed by atoms with Crippen LogP contribution in [-0.4, -0.2) is 11.2 Å². The smallest absolute Gasteiger partial charge is 0.0602 e. The molecule has 0 aromatic carbocycles. The monoisotopic (exact) mass is 166 g/mol. The number of hydrogen-bond donors (Lipinski definition) is 1. The molecule has 2 rings (SSSR count). The molecule has 0 aromatic rings. The van der Waals surface area contributed by atoms with E-state index in [1.54, 1.807) is 0 Å². The summed E-state index contributed by atoms with van der Waals surface area (Å²) in [6.45, 7) is 8.28. The van der Waals surface area contributed by atoms with Gasteiger partial charge in [-0.15, -0.1) is 0 Å². The Morgan fingerprint density at radius 3 is 2.67 bits per heavy atom. The Labute approximate surface area is 74.5 Å². The first-order valence-electron chi connectivity index (χ1n) is 4.87. The minimum atomic E-state index is -0.0713. The van der Waals surface area contributed by atoms with Crippen LogP contribution >= 0.6 is 0 Å². The van der Waals surface area contributed by atoms with Crippen LogP contribution in [0, 0.1) is 17.3 Å². The second-order valence-corrected chi connectivity index (χ2v) is 4.94. The molecule has 0 spiro atoms. The molecule has 68 valence electrons.